The number of carbonyl (C=O) groups is 1. The summed E-state index contributed by atoms with van der Waals surface area (Å²) >= 11 is 0. The van der Waals surface area contributed by atoms with Crippen molar-refractivity contribution in [2.75, 3.05) is 0 Å². The van der Waals surface area contributed by atoms with Crippen LogP contribution in [0, 0.1) is 0 Å². The van der Waals surface area contributed by atoms with Crippen molar-refractivity contribution >= 4 is 16.0 Å². The van der Waals surface area contributed by atoms with E-state index >= 15 is 0 Å². The molecule has 2 rings (SSSR count). The quantitative estimate of drug-likeness (QED) is 0.802. The summed E-state index contributed by atoms with van der Waals surface area (Å²) in [6.45, 7) is 1.78. The molecule has 0 saturated heterocycles. The third kappa shape index (κ3) is 5.15. The minimum Gasteiger partial charge on any atom is -0.481 e. The molecule has 0 aliphatic heterocycles. The largest absolute Gasteiger partial charge is 0.481 e. The van der Waals surface area contributed by atoms with Crippen molar-refractivity contribution in [1.82, 2.24) is 9.71 Å². The molecule has 23 heavy (non-hydrogen) atoms. The highest BCUT2D eigenvalue weighted by Crippen LogP contribution is 2.12. The molecule has 0 amide bonds. The van der Waals surface area contributed by atoms with Gasteiger partial charge in [-0.1, -0.05) is 18.2 Å². The normalized spacial score (nSPS) is 12.7. The highest BCUT2D eigenvalue weighted by Gasteiger charge is 2.17. The number of benzene rings is 1. The lowest BCUT2D eigenvalue weighted by Gasteiger charge is -2.14. The SMILES string of the molecule is CC(Cc1cccnc1)NS(=O)(=O)c1ccc(CC(=O)O)cc1. The summed E-state index contributed by atoms with van der Waals surface area (Å²) in [5, 5.41) is 8.72. The second-order valence-electron chi connectivity index (χ2n) is 5.30. The zero-order valence-electron chi connectivity index (χ0n) is 12.6. The smallest absolute Gasteiger partial charge is 0.307 e. The van der Waals surface area contributed by atoms with E-state index in [1.165, 1.54) is 24.3 Å². The predicted molar refractivity (Wildman–Crippen MR) is 85.5 cm³/mol. The topological polar surface area (TPSA) is 96.4 Å². The lowest BCUT2D eigenvalue weighted by molar-refractivity contribution is -0.136. The van der Waals surface area contributed by atoms with Crippen LogP contribution < -0.4 is 4.72 Å². The maximum absolute atomic E-state index is 12.3. The summed E-state index contributed by atoms with van der Waals surface area (Å²) in [4.78, 5) is 14.7. The van der Waals surface area contributed by atoms with E-state index in [9.17, 15) is 13.2 Å². The van der Waals surface area contributed by atoms with E-state index in [0.717, 1.165) is 5.56 Å². The van der Waals surface area contributed by atoms with Gasteiger partial charge in [-0.05, 0) is 42.7 Å². The van der Waals surface area contributed by atoms with Gasteiger partial charge in [0.15, 0.2) is 0 Å². The summed E-state index contributed by atoms with van der Waals surface area (Å²) in [6.07, 6.45) is 3.76. The fraction of sp³-hybridized carbons (Fsp3) is 0.250. The fourth-order valence-corrected chi connectivity index (χ4v) is 3.45. The number of carboxylic acid groups (broad SMARTS) is 1. The number of rotatable bonds is 7. The van der Waals surface area contributed by atoms with Crippen molar-refractivity contribution in [3.8, 4) is 0 Å². The lowest BCUT2D eigenvalue weighted by Crippen LogP contribution is -2.34. The second kappa shape index (κ2) is 7.34. The fourth-order valence-electron chi connectivity index (χ4n) is 2.21. The molecule has 0 radical (unpaired) electrons. The number of hydrogen-bond acceptors (Lipinski definition) is 4. The van der Waals surface area contributed by atoms with Gasteiger partial charge in [-0.25, -0.2) is 13.1 Å². The van der Waals surface area contributed by atoms with Gasteiger partial charge in [-0.3, -0.25) is 9.78 Å². The molecule has 0 fully saturated rings. The van der Waals surface area contributed by atoms with Crippen LogP contribution >= 0.6 is 0 Å². The monoisotopic (exact) mass is 334 g/mol. The zero-order valence-corrected chi connectivity index (χ0v) is 13.5. The van der Waals surface area contributed by atoms with E-state index in [1.54, 1.807) is 25.4 Å². The molecule has 0 saturated carbocycles. The number of nitrogens with zero attached hydrogens (tertiary/aromatic N) is 1. The molecule has 1 atom stereocenters. The molecule has 1 unspecified atom stereocenters. The van der Waals surface area contributed by atoms with E-state index < -0.39 is 16.0 Å². The number of aromatic nitrogens is 1. The van der Waals surface area contributed by atoms with Crippen molar-refractivity contribution in [2.24, 2.45) is 0 Å². The molecule has 1 heterocycles. The van der Waals surface area contributed by atoms with E-state index in [1.807, 2.05) is 6.07 Å². The summed E-state index contributed by atoms with van der Waals surface area (Å²) < 4.78 is 27.3. The number of aliphatic carboxylic acids is 1. The molecular formula is C16H18N2O4S. The van der Waals surface area contributed by atoms with Gasteiger partial charge in [-0.15, -0.1) is 0 Å². The van der Waals surface area contributed by atoms with Gasteiger partial charge >= 0.3 is 5.97 Å². The van der Waals surface area contributed by atoms with Gasteiger partial charge in [0.2, 0.25) is 10.0 Å². The number of sulfonamides is 1. The van der Waals surface area contributed by atoms with E-state index in [0.29, 0.717) is 12.0 Å². The molecule has 0 aliphatic rings. The maximum Gasteiger partial charge on any atom is 0.307 e. The van der Waals surface area contributed by atoms with Gasteiger partial charge in [0.1, 0.15) is 0 Å². The number of pyridine rings is 1. The summed E-state index contributed by atoms with van der Waals surface area (Å²) in [6, 6.07) is 9.25. The van der Waals surface area contributed by atoms with Crippen LogP contribution in [0.25, 0.3) is 0 Å². The molecule has 7 heteroatoms. The highest BCUT2D eigenvalue weighted by atomic mass is 32.2. The minimum atomic E-state index is -3.64. The van der Waals surface area contributed by atoms with Gasteiger partial charge < -0.3 is 5.11 Å². The van der Waals surface area contributed by atoms with Gasteiger partial charge in [0.25, 0.3) is 0 Å². The standard InChI is InChI=1S/C16H18N2O4S/c1-12(9-14-3-2-8-17-11-14)18-23(21,22)15-6-4-13(5-7-15)10-16(19)20/h2-8,11-12,18H,9-10H2,1H3,(H,19,20). The molecular weight excluding hydrogens is 316 g/mol. The van der Waals surface area contributed by atoms with Crippen LogP contribution in [0.4, 0.5) is 0 Å². The molecule has 0 aliphatic carbocycles. The Morgan fingerprint density at radius 3 is 2.48 bits per heavy atom. The Morgan fingerprint density at radius 1 is 1.22 bits per heavy atom. The average molecular weight is 334 g/mol. The van der Waals surface area contributed by atoms with Crippen molar-refractivity contribution in [1.29, 1.82) is 0 Å². The molecule has 1 aromatic carbocycles. The van der Waals surface area contributed by atoms with E-state index in [2.05, 4.69) is 9.71 Å². The van der Waals surface area contributed by atoms with Crippen LogP contribution in [-0.2, 0) is 27.7 Å². The Labute approximate surface area is 135 Å². The summed E-state index contributed by atoms with van der Waals surface area (Å²) in [7, 11) is -3.64. The van der Waals surface area contributed by atoms with Crippen LogP contribution in [0.1, 0.15) is 18.1 Å². The minimum absolute atomic E-state index is 0.115. The Balaban J connectivity index is 2.04. The average Bonchev–Trinajstić information content (AvgIpc) is 2.47. The molecule has 122 valence electrons. The molecule has 2 aromatic rings. The van der Waals surface area contributed by atoms with Crippen LogP contribution in [-0.4, -0.2) is 30.5 Å². The third-order valence-corrected chi connectivity index (χ3v) is 4.82. The lowest BCUT2D eigenvalue weighted by atomic mass is 10.1. The van der Waals surface area contributed by atoms with E-state index in [4.69, 9.17) is 5.11 Å². The Morgan fingerprint density at radius 2 is 1.91 bits per heavy atom. The summed E-state index contributed by atoms with van der Waals surface area (Å²) in [5.41, 5.74) is 1.50. The molecule has 0 bridgehead atoms. The maximum atomic E-state index is 12.3. The second-order valence-corrected chi connectivity index (χ2v) is 7.02. The molecule has 6 nitrogen and oxygen atoms in total. The van der Waals surface area contributed by atoms with Crippen LogP contribution in [0.15, 0.2) is 53.7 Å². The highest BCUT2D eigenvalue weighted by molar-refractivity contribution is 7.89. The number of carboxylic acids is 1. The van der Waals surface area contributed by atoms with Crippen molar-refractivity contribution < 1.29 is 18.3 Å². The van der Waals surface area contributed by atoms with Gasteiger partial charge in [0.05, 0.1) is 11.3 Å². The zero-order chi connectivity index (χ0) is 16.9. The van der Waals surface area contributed by atoms with Gasteiger partial charge in [-0.2, -0.15) is 0 Å². The first-order valence-corrected chi connectivity index (χ1v) is 8.57. The molecule has 0 spiro atoms. The first-order chi connectivity index (χ1) is 10.9. The van der Waals surface area contributed by atoms with Crippen molar-refractivity contribution in [3.05, 3.63) is 59.9 Å². The first-order valence-electron chi connectivity index (χ1n) is 7.09. The first kappa shape index (κ1) is 17.1. The Bertz CT molecular complexity index is 758. The summed E-state index contributed by atoms with van der Waals surface area (Å²) in [5.74, 6) is -0.955. The predicted octanol–water partition coefficient (Wildman–Crippen LogP) is 1.62. The third-order valence-electron chi connectivity index (χ3n) is 3.21. The van der Waals surface area contributed by atoms with Crippen LogP contribution in [0.2, 0.25) is 0 Å². The number of hydrogen-bond donors (Lipinski definition) is 2. The number of nitrogens with one attached hydrogen (secondary N) is 1. The molecule has 1 aromatic heterocycles. The Kier molecular flexibility index (Phi) is 5.46. The van der Waals surface area contributed by atoms with Crippen LogP contribution in [0.3, 0.4) is 0 Å². The van der Waals surface area contributed by atoms with Gasteiger partial charge in [0, 0.05) is 18.4 Å². The Hall–Kier alpha value is -2.25. The molecule has 2 N–H and O–H groups in total. The van der Waals surface area contributed by atoms with Crippen molar-refractivity contribution in [2.45, 2.75) is 30.7 Å². The van der Waals surface area contributed by atoms with Crippen molar-refractivity contribution in [3.63, 3.8) is 0 Å². The van der Waals surface area contributed by atoms with Crippen LogP contribution in [0.5, 0.6) is 0 Å². The van der Waals surface area contributed by atoms with E-state index in [-0.39, 0.29) is 17.4 Å².